The van der Waals surface area contributed by atoms with Crippen molar-refractivity contribution in [2.45, 2.75) is 13.5 Å². The fraction of sp³-hybridized carbons (Fsp3) is 0.333. The summed E-state index contributed by atoms with van der Waals surface area (Å²) in [7, 11) is 5.18. The number of methoxy groups -OCH3 is 1. The monoisotopic (exact) mass is 291 g/mol. The fourth-order valence-electron chi connectivity index (χ4n) is 2.07. The number of rotatable bonds is 5. The standard InChI is InChI=1S/C15H21N3O3/c1-6-10-11(7-9(2)16)14(21-5)13(15(19)20)17-12(10)8-18(3)4/h6-7H,2,8,16H2,1,3-5H3,(H,19,20)/b10-6+,11-7+. The largest absolute Gasteiger partial charge is 0.494 e. The highest BCUT2D eigenvalue weighted by Gasteiger charge is 2.18. The Morgan fingerprint density at radius 3 is 2.48 bits per heavy atom. The molecule has 0 unspecified atom stereocenters. The van der Waals surface area contributed by atoms with Gasteiger partial charge in [-0.15, -0.1) is 0 Å². The van der Waals surface area contributed by atoms with Crippen LogP contribution in [0.2, 0.25) is 0 Å². The number of carbonyl (C=O) groups is 1. The van der Waals surface area contributed by atoms with E-state index < -0.39 is 5.97 Å². The molecule has 0 bridgehead atoms. The number of ether oxygens (including phenoxy) is 1. The molecule has 0 aliphatic carbocycles. The van der Waals surface area contributed by atoms with Crippen molar-refractivity contribution in [1.29, 1.82) is 0 Å². The lowest BCUT2D eigenvalue weighted by molar-refractivity contribution is 0.0685. The summed E-state index contributed by atoms with van der Waals surface area (Å²) in [5.74, 6) is -0.962. The van der Waals surface area contributed by atoms with Gasteiger partial charge < -0.3 is 20.5 Å². The van der Waals surface area contributed by atoms with Crippen molar-refractivity contribution in [1.82, 2.24) is 9.88 Å². The molecule has 1 aromatic rings. The normalized spacial score (nSPS) is 12.8. The van der Waals surface area contributed by atoms with Gasteiger partial charge in [0.1, 0.15) is 0 Å². The van der Waals surface area contributed by atoms with Crippen molar-refractivity contribution < 1.29 is 14.6 Å². The van der Waals surface area contributed by atoms with Crippen LogP contribution in [0.4, 0.5) is 0 Å². The summed E-state index contributed by atoms with van der Waals surface area (Å²) in [5, 5.41) is 10.7. The molecule has 0 aliphatic rings. The molecule has 0 amide bonds. The number of nitrogens with two attached hydrogens (primary N) is 1. The lowest BCUT2D eigenvalue weighted by Crippen LogP contribution is -2.36. The maximum Gasteiger partial charge on any atom is 0.358 e. The highest BCUT2D eigenvalue weighted by atomic mass is 16.5. The molecule has 0 spiro atoms. The first-order chi connectivity index (χ1) is 9.81. The quantitative estimate of drug-likeness (QED) is 0.788. The minimum atomic E-state index is -1.15. The summed E-state index contributed by atoms with van der Waals surface area (Å²) < 4.78 is 5.24. The Kier molecular flexibility index (Phi) is 5.49. The SMILES string of the molecule is C=C(N)/C=c1/c(OC)c(C(=O)O)nc(CN(C)C)/c1=C/C. The van der Waals surface area contributed by atoms with E-state index in [1.807, 2.05) is 32.0 Å². The second-order valence-corrected chi connectivity index (χ2v) is 4.82. The van der Waals surface area contributed by atoms with E-state index in [1.165, 1.54) is 7.11 Å². The van der Waals surface area contributed by atoms with E-state index in [0.717, 1.165) is 5.22 Å². The van der Waals surface area contributed by atoms with Crippen LogP contribution in [0, 0.1) is 0 Å². The smallest absolute Gasteiger partial charge is 0.358 e. The lowest BCUT2D eigenvalue weighted by atomic mass is 10.1. The highest BCUT2D eigenvalue weighted by Crippen LogP contribution is 2.10. The lowest BCUT2D eigenvalue weighted by Gasteiger charge is -2.13. The van der Waals surface area contributed by atoms with Crippen LogP contribution in [-0.2, 0) is 6.54 Å². The first-order valence-corrected chi connectivity index (χ1v) is 6.39. The Bertz CT molecular complexity index is 678. The Morgan fingerprint density at radius 1 is 1.48 bits per heavy atom. The molecule has 6 nitrogen and oxygen atoms in total. The van der Waals surface area contributed by atoms with Crippen LogP contribution < -0.4 is 20.9 Å². The zero-order chi connectivity index (χ0) is 16.2. The number of carboxylic acid groups (broad SMARTS) is 1. The molecular formula is C15H21N3O3. The molecule has 1 rings (SSSR count). The highest BCUT2D eigenvalue weighted by molar-refractivity contribution is 5.89. The molecule has 1 aromatic heterocycles. The Hall–Kier alpha value is -2.34. The van der Waals surface area contributed by atoms with Gasteiger partial charge in [0, 0.05) is 22.7 Å². The minimum absolute atomic E-state index is 0.132. The Labute approximate surface area is 123 Å². The molecule has 0 radical (unpaired) electrons. The van der Waals surface area contributed by atoms with Crippen molar-refractivity contribution in [2.24, 2.45) is 5.73 Å². The van der Waals surface area contributed by atoms with Crippen molar-refractivity contribution in [3.63, 3.8) is 0 Å². The molecule has 0 aromatic carbocycles. The summed E-state index contributed by atoms with van der Waals surface area (Å²) in [6, 6.07) is 0. The molecule has 0 saturated carbocycles. The summed E-state index contributed by atoms with van der Waals surface area (Å²) in [5.41, 5.74) is 6.48. The molecule has 1 heterocycles. The van der Waals surface area contributed by atoms with E-state index in [0.29, 0.717) is 23.2 Å². The van der Waals surface area contributed by atoms with Gasteiger partial charge in [-0.1, -0.05) is 12.7 Å². The second kappa shape index (κ2) is 6.90. The van der Waals surface area contributed by atoms with Gasteiger partial charge in [0.15, 0.2) is 11.4 Å². The van der Waals surface area contributed by atoms with Gasteiger partial charge in [0.25, 0.3) is 0 Å². The summed E-state index contributed by atoms with van der Waals surface area (Å²) >= 11 is 0. The summed E-state index contributed by atoms with van der Waals surface area (Å²) in [6.07, 6.45) is 3.45. The first kappa shape index (κ1) is 16.7. The average molecular weight is 291 g/mol. The van der Waals surface area contributed by atoms with Crippen LogP contribution in [0.3, 0.4) is 0 Å². The number of aromatic nitrogens is 1. The molecule has 6 heteroatoms. The third-order valence-electron chi connectivity index (χ3n) is 2.80. The predicted octanol–water partition coefficient (Wildman–Crippen LogP) is -0.0967. The maximum atomic E-state index is 11.4. The van der Waals surface area contributed by atoms with Gasteiger partial charge in [-0.2, -0.15) is 0 Å². The van der Waals surface area contributed by atoms with Gasteiger partial charge in [0.05, 0.1) is 12.8 Å². The third-order valence-corrected chi connectivity index (χ3v) is 2.80. The Balaban J connectivity index is 3.92. The van der Waals surface area contributed by atoms with Gasteiger partial charge in [-0.25, -0.2) is 9.78 Å². The van der Waals surface area contributed by atoms with Crippen LogP contribution in [-0.4, -0.2) is 42.2 Å². The molecule has 0 aliphatic heterocycles. The van der Waals surface area contributed by atoms with Crippen molar-refractivity contribution in [3.05, 3.63) is 34.1 Å². The van der Waals surface area contributed by atoms with Crippen molar-refractivity contribution in [3.8, 4) is 5.75 Å². The van der Waals surface area contributed by atoms with Crippen LogP contribution in [0.1, 0.15) is 23.1 Å². The predicted molar refractivity (Wildman–Crippen MR) is 82.3 cm³/mol. The number of nitrogens with zero attached hydrogens (tertiary/aromatic N) is 2. The van der Waals surface area contributed by atoms with E-state index in [9.17, 15) is 9.90 Å². The third kappa shape index (κ3) is 3.82. The van der Waals surface area contributed by atoms with E-state index in [4.69, 9.17) is 10.5 Å². The number of hydrogen-bond donors (Lipinski definition) is 2. The van der Waals surface area contributed by atoms with Crippen LogP contribution in [0.15, 0.2) is 12.3 Å². The van der Waals surface area contributed by atoms with Crippen LogP contribution >= 0.6 is 0 Å². The van der Waals surface area contributed by atoms with Crippen molar-refractivity contribution >= 4 is 18.1 Å². The van der Waals surface area contributed by atoms with E-state index in [1.54, 1.807) is 6.08 Å². The molecule has 3 N–H and O–H groups in total. The molecule has 21 heavy (non-hydrogen) atoms. The second-order valence-electron chi connectivity index (χ2n) is 4.82. The molecule has 0 atom stereocenters. The average Bonchev–Trinajstić information content (AvgIpc) is 2.36. The van der Waals surface area contributed by atoms with Crippen molar-refractivity contribution in [2.75, 3.05) is 21.2 Å². The number of carboxylic acids is 1. The number of allylic oxidation sites excluding steroid dienone is 1. The Morgan fingerprint density at radius 2 is 2.10 bits per heavy atom. The molecule has 114 valence electrons. The zero-order valence-corrected chi connectivity index (χ0v) is 12.8. The van der Waals surface area contributed by atoms with E-state index in [2.05, 4.69) is 11.6 Å². The van der Waals surface area contributed by atoms with Crippen LogP contribution in [0.25, 0.3) is 12.2 Å². The molecule has 0 saturated heterocycles. The summed E-state index contributed by atoms with van der Waals surface area (Å²) in [4.78, 5) is 17.6. The van der Waals surface area contributed by atoms with E-state index >= 15 is 0 Å². The number of aromatic carboxylic acids is 1. The maximum absolute atomic E-state index is 11.4. The summed E-state index contributed by atoms with van der Waals surface area (Å²) in [6.45, 7) is 6.00. The van der Waals surface area contributed by atoms with Gasteiger partial charge in [-0.05, 0) is 27.1 Å². The number of hydrogen-bond acceptors (Lipinski definition) is 5. The number of pyridine rings is 1. The zero-order valence-electron chi connectivity index (χ0n) is 12.8. The molecular weight excluding hydrogens is 270 g/mol. The first-order valence-electron chi connectivity index (χ1n) is 6.39. The van der Waals surface area contributed by atoms with Gasteiger partial charge in [0.2, 0.25) is 0 Å². The van der Waals surface area contributed by atoms with Crippen LogP contribution in [0.5, 0.6) is 5.75 Å². The molecule has 0 fully saturated rings. The van der Waals surface area contributed by atoms with Gasteiger partial charge in [-0.3, -0.25) is 0 Å². The van der Waals surface area contributed by atoms with E-state index in [-0.39, 0.29) is 11.4 Å². The topological polar surface area (TPSA) is 88.7 Å². The van der Waals surface area contributed by atoms with Gasteiger partial charge >= 0.3 is 5.97 Å². The fourth-order valence-corrected chi connectivity index (χ4v) is 2.07. The minimum Gasteiger partial charge on any atom is -0.494 e.